The van der Waals surface area contributed by atoms with Gasteiger partial charge in [0.1, 0.15) is 24.2 Å². The predicted molar refractivity (Wildman–Crippen MR) is 96.0 cm³/mol. The van der Waals surface area contributed by atoms with Crippen LogP contribution in [0.3, 0.4) is 0 Å². The van der Waals surface area contributed by atoms with Gasteiger partial charge in [0.2, 0.25) is 5.62 Å². The summed E-state index contributed by atoms with van der Waals surface area (Å²) < 4.78 is 14.5. The number of nitrogens with one attached hydrogen (secondary N) is 1. The van der Waals surface area contributed by atoms with Crippen molar-refractivity contribution in [1.82, 2.24) is 9.13 Å². The second-order valence-electron chi connectivity index (χ2n) is 5.81. The van der Waals surface area contributed by atoms with Crippen LogP contribution in [-0.2, 0) is 13.1 Å². The van der Waals surface area contributed by atoms with Gasteiger partial charge in [-0.1, -0.05) is 12.1 Å². The van der Waals surface area contributed by atoms with Gasteiger partial charge in [-0.15, -0.1) is 0 Å². The second kappa shape index (κ2) is 7.44. The molecule has 132 valence electrons. The Labute approximate surface area is 146 Å². The van der Waals surface area contributed by atoms with Crippen molar-refractivity contribution < 1.29 is 14.6 Å². The summed E-state index contributed by atoms with van der Waals surface area (Å²) in [5, 5.41) is 18.7. The number of para-hydroxylation sites is 2. The number of methoxy groups -OCH3 is 1. The van der Waals surface area contributed by atoms with E-state index in [0.717, 1.165) is 16.8 Å². The molecule has 0 saturated heterocycles. The fraction of sp³-hybridized carbons (Fsp3) is 0.316. The molecule has 1 atom stereocenters. The SMILES string of the molecule is CCn1c(=N)n(C[C@@H](O)COc2ccc(OC)cc2)c2ccccc21. The van der Waals surface area contributed by atoms with Gasteiger partial charge in [-0.05, 0) is 43.3 Å². The Balaban J connectivity index is 1.72. The van der Waals surface area contributed by atoms with Crippen molar-refractivity contribution >= 4 is 11.0 Å². The summed E-state index contributed by atoms with van der Waals surface area (Å²) >= 11 is 0. The molecule has 0 aliphatic heterocycles. The van der Waals surface area contributed by atoms with E-state index in [4.69, 9.17) is 14.9 Å². The van der Waals surface area contributed by atoms with Crippen LogP contribution in [0, 0.1) is 5.41 Å². The zero-order valence-electron chi connectivity index (χ0n) is 14.5. The predicted octanol–water partition coefficient (Wildman–Crippen LogP) is 2.39. The smallest absolute Gasteiger partial charge is 0.203 e. The molecule has 0 aliphatic carbocycles. The lowest BCUT2D eigenvalue weighted by atomic mass is 10.3. The van der Waals surface area contributed by atoms with Gasteiger partial charge in [-0.3, -0.25) is 5.41 Å². The molecular formula is C19H23N3O3. The summed E-state index contributed by atoms with van der Waals surface area (Å²) in [6, 6.07) is 15.1. The maximum Gasteiger partial charge on any atom is 0.203 e. The fourth-order valence-electron chi connectivity index (χ4n) is 2.93. The summed E-state index contributed by atoms with van der Waals surface area (Å²) in [5.41, 5.74) is 2.32. The lowest BCUT2D eigenvalue weighted by Crippen LogP contribution is -2.31. The molecule has 25 heavy (non-hydrogen) atoms. The molecule has 0 bridgehead atoms. The molecule has 6 heteroatoms. The number of hydrogen-bond acceptors (Lipinski definition) is 4. The van der Waals surface area contributed by atoms with Crippen molar-refractivity contribution in [1.29, 1.82) is 5.41 Å². The molecule has 0 amide bonds. The summed E-state index contributed by atoms with van der Waals surface area (Å²) in [7, 11) is 1.61. The molecule has 2 N–H and O–H groups in total. The quantitative estimate of drug-likeness (QED) is 0.693. The summed E-state index contributed by atoms with van der Waals surface area (Å²) in [4.78, 5) is 0. The minimum atomic E-state index is -0.715. The number of aryl methyl sites for hydroxylation is 1. The average molecular weight is 341 g/mol. The third-order valence-electron chi connectivity index (χ3n) is 4.19. The van der Waals surface area contributed by atoms with Crippen LogP contribution in [0.15, 0.2) is 48.5 Å². The average Bonchev–Trinajstić information content (AvgIpc) is 2.91. The first-order valence-corrected chi connectivity index (χ1v) is 8.31. The van der Waals surface area contributed by atoms with Gasteiger partial charge >= 0.3 is 0 Å². The van der Waals surface area contributed by atoms with E-state index >= 15 is 0 Å². The van der Waals surface area contributed by atoms with Crippen LogP contribution < -0.4 is 15.1 Å². The van der Waals surface area contributed by atoms with E-state index in [1.807, 2.05) is 52.5 Å². The van der Waals surface area contributed by atoms with Crippen LogP contribution >= 0.6 is 0 Å². The van der Waals surface area contributed by atoms with Crippen LogP contribution in [0.2, 0.25) is 0 Å². The van der Waals surface area contributed by atoms with Crippen molar-refractivity contribution in [2.75, 3.05) is 13.7 Å². The van der Waals surface area contributed by atoms with Gasteiger partial charge in [0, 0.05) is 6.54 Å². The van der Waals surface area contributed by atoms with Crippen molar-refractivity contribution in [2.24, 2.45) is 0 Å². The Hall–Kier alpha value is -2.73. The lowest BCUT2D eigenvalue weighted by molar-refractivity contribution is 0.0921. The molecule has 2 aromatic carbocycles. The Morgan fingerprint density at radius 1 is 1.00 bits per heavy atom. The Kier molecular flexibility index (Phi) is 5.09. The summed E-state index contributed by atoms with van der Waals surface area (Å²) in [6.45, 7) is 3.19. The minimum Gasteiger partial charge on any atom is -0.497 e. The number of benzene rings is 2. The molecule has 1 heterocycles. The molecule has 3 rings (SSSR count). The van der Waals surface area contributed by atoms with E-state index in [-0.39, 0.29) is 6.61 Å². The largest absolute Gasteiger partial charge is 0.497 e. The normalized spacial score (nSPS) is 12.3. The number of aromatic nitrogens is 2. The first-order chi connectivity index (χ1) is 12.1. The van der Waals surface area contributed by atoms with Gasteiger partial charge < -0.3 is 23.7 Å². The van der Waals surface area contributed by atoms with E-state index in [0.29, 0.717) is 24.5 Å². The van der Waals surface area contributed by atoms with Crippen LogP contribution in [0.1, 0.15) is 6.92 Å². The molecule has 6 nitrogen and oxygen atoms in total. The summed E-state index contributed by atoms with van der Waals surface area (Å²) in [6.07, 6.45) is -0.715. The van der Waals surface area contributed by atoms with Gasteiger partial charge in [0.25, 0.3) is 0 Å². The van der Waals surface area contributed by atoms with Crippen LogP contribution in [0.25, 0.3) is 11.0 Å². The van der Waals surface area contributed by atoms with E-state index in [2.05, 4.69) is 0 Å². The number of aliphatic hydroxyl groups is 1. The monoisotopic (exact) mass is 341 g/mol. The van der Waals surface area contributed by atoms with Gasteiger partial charge in [-0.25, -0.2) is 0 Å². The highest BCUT2D eigenvalue weighted by Crippen LogP contribution is 2.17. The Morgan fingerprint density at radius 3 is 2.20 bits per heavy atom. The highest BCUT2D eigenvalue weighted by atomic mass is 16.5. The van der Waals surface area contributed by atoms with E-state index in [1.54, 1.807) is 19.2 Å². The molecule has 0 saturated carbocycles. The Morgan fingerprint density at radius 2 is 1.60 bits per heavy atom. The molecule has 1 aromatic heterocycles. The molecule has 0 unspecified atom stereocenters. The highest BCUT2D eigenvalue weighted by Gasteiger charge is 2.13. The van der Waals surface area contributed by atoms with Crippen molar-refractivity contribution in [3.8, 4) is 11.5 Å². The fourth-order valence-corrected chi connectivity index (χ4v) is 2.93. The van der Waals surface area contributed by atoms with Crippen molar-refractivity contribution in [3.63, 3.8) is 0 Å². The third kappa shape index (κ3) is 3.53. The lowest BCUT2D eigenvalue weighted by Gasteiger charge is -2.14. The van der Waals surface area contributed by atoms with Crippen LogP contribution in [-0.4, -0.2) is 34.1 Å². The number of hydrogen-bond donors (Lipinski definition) is 2. The van der Waals surface area contributed by atoms with E-state index < -0.39 is 6.10 Å². The molecule has 3 aromatic rings. The number of fused-ring (bicyclic) bond motifs is 1. The van der Waals surface area contributed by atoms with Crippen LogP contribution in [0.5, 0.6) is 11.5 Å². The first kappa shape index (κ1) is 17.1. The molecule has 0 aliphatic rings. The minimum absolute atomic E-state index is 0.157. The molecular weight excluding hydrogens is 318 g/mol. The summed E-state index contributed by atoms with van der Waals surface area (Å²) in [5.74, 6) is 1.43. The topological polar surface area (TPSA) is 72.4 Å². The molecule has 0 fully saturated rings. The van der Waals surface area contributed by atoms with E-state index in [9.17, 15) is 5.11 Å². The van der Waals surface area contributed by atoms with Gasteiger partial charge in [0.05, 0.1) is 24.7 Å². The van der Waals surface area contributed by atoms with Gasteiger partial charge in [0.15, 0.2) is 0 Å². The highest BCUT2D eigenvalue weighted by molar-refractivity contribution is 5.75. The van der Waals surface area contributed by atoms with Gasteiger partial charge in [-0.2, -0.15) is 0 Å². The third-order valence-corrected chi connectivity index (χ3v) is 4.19. The number of imidazole rings is 1. The van der Waals surface area contributed by atoms with Crippen molar-refractivity contribution in [3.05, 3.63) is 54.1 Å². The second-order valence-corrected chi connectivity index (χ2v) is 5.81. The standard InChI is InChI=1S/C19H23N3O3/c1-3-21-17-6-4-5-7-18(17)22(19(21)20)12-14(23)13-25-16-10-8-15(24-2)9-11-16/h4-11,14,20,23H,3,12-13H2,1-2H3/t14-/m1/s1. The zero-order valence-corrected chi connectivity index (χ0v) is 14.5. The maximum absolute atomic E-state index is 10.4. The van der Waals surface area contributed by atoms with E-state index in [1.165, 1.54) is 0 Å². The number of ether oxygens (including phenoxy) is 2. The number of aliphatic hydroxyl groups excluding tert-OH is 1. The molecule has 0 radical (unpaired) electrons. The molecule has 0 spiro atoms. The number of rotatable bonds is 7. The van der Waals surface area contributed by atoms with Crippen molar-refractivity contribution in [2.45, 2.75) is 26.1 Å². The zero-order chi connectivity index (χ0) is 17.8. The first-order valence-electron chi connectivity index (χ1n) is 8.31. The Bertz CT molecular complexity index is 896. The number of nitrogens with zero attached hydrogens (tertiary/aromatic N) is 2. The maximum atomic E-state index is 10.4. The van der Waals surface area contributed by atoms with Crippen LogP contribution in [0.4, 0.5) is 0 Å².